The molecule has 67 heavy (non-hydrogen) atoms. The molecular formula is C41H72N14O12. The van der Waals surface area contributed by atoms with Crippen molar-refractivity contribution in [3.05, 3.63) is 0 Å². The highest BCUT2D eigenvalue weighted by atomic mass is 16.3. The number of fused-ring (bicyclic) bond motifs is 1. The van der Waals surface area contributed by atoms with Crippen LogP contribution in [-0.2, 0) is 43.2 Å². The van der Waals surface area contributed by atoms with Gasteiger partial charge in [0.1, 0.15) is 48.3 Å². The van der Waals surface area contributed by atoms with Crippen molar-refractivity contribution in [2.45, 2.75) is 135 Å². The smallest absolute Gasteiger partial charge is 0.312 e. The van der Waals surface area contributed by atoms with E-state index in [9.17, 15) is 58.2 Å². The molecule has 2 rings (SSSR count). The molecule has 9 atom stereocenters. The second-order valence-electron chi connectivity index (χ2n) is 17.3. The van der Waals surface area contributed by atoms with E-state index < -0.39 is 145 Å². The third kappa shape index (κ3) is 18.1. The second-order valence-corrected chi connectivity index (χ2v) is 17.3. The van der Waals surface area contributed by atoms with E-state index in [4.69, 9.17) is 17.2 Å². The highest BCUT2D eigenvalue weighted by Gasteiger charge is 2.40. The number of hydrogen-bond donors (Lipinski definition) is 14. The van der Waals surface area contributed by atoms with Gasteiger partial charge in [-0.25, -0.2) is 4.79 Å². The highest BCUT2D eigenvalue weighted by molar-refractivity contribution is 5.99. The van der Waals surface area contributed by atoms with Crippen molar-refractivity contribution in [2.75, 3.05) is 39.4 Å². The first kappa shape index (κ1) is 56.8. The van der Waals surface area contributed by atoms with Crippen LogP contribution < -0.4 is 65.1 Å². The summed E-state index contributed by atoms with van der Waals surface area (Å²) in [4.78, 5) is 140. The number of nitrogens with two attached hydrogens (primary N) is 3. The van der Waals surface area contributed by atoms with E-state index >= 15 is 0 Å². The lowest BCUT2D eigenvalue weighted by Crippen LogP contribution is -2.62. The van der Waals surface area contributed by atoms with Crippen LogP contribution in [0.5, 0.6) is 0 Å². The molecule has 0 spiro atoms. The molecule has 0 bridgehead atoms. The molecule has 26 heteroatoms. The molecule has 0 unspecified atom stereocenters. The summed E-state index contributed by atoms with van der Waals surface area (Å²) in [6.45, 7) is 7.45. The van der Waals surface area contributed by atoms with Crippen LogP contribution in [0.4, 0.5) is 4.79 Å². The van der Waals surface area contributed by atoms with Crippen LogP contribution in [0.3, 0.4) is 0 Å². The van der Waals surface area contributed by atoms with E-state index in [1.165, 1.54) is 4.90 Å². The predicted molar refractivity (Wildman–Crippen MR) is 241 cm³/mol. The maximum Gasteiger partial charge on any atom is 0.312 e. The zero-order valence-corrected chi connectivity index (χ0v) is 39.1. The molecule has 17 N–H and O–H groups in total. The Labute approximate surface area is 389 Å². The number of aliphatic hydroxyl groups excluding tert-OH is 2. The average Bonchev–Trinajstić information content (AvgIpc) is 3.77. The molecule has 378 valence electrons. The van der Waals surface area contributed by atoms with Crippen molar-refractivity contribution in [1.82, 2.24) is 52.8 Å². The summed E-state index contributed by atoms with van der Waals surface area (Å²) in [5.41, 5.74) is 16.1. The molecule has 0 aliphatic carbocycles. The van der Waals surface area contributed by atoms with Gasteiger partial charge >= 0.3 is 6.03 Å². The minimum Gasteiger partial charge on any atom is -0.394 e. The maximum absolute atomic E-state index is 14.1. The van der Waals surface area contributed by atoms with E-state index in [0.717, 1.165) is 0 Å². The van der Waals surface area contributed by atoms with Crippen molar-refractivity contribution in [2.24, 2.45) is 39.9 Å². The Kier molecular flexibility index (Phi) is 23.7. The number of guanidine groups is 1. The van der Waals surface area contributed by atoms with Gasteiger partial charge in [-0.3, -0.25) is 48.1 Å². The number of aliphatic hydroxyl groups is 2. The van der Waals surface area contributed by atoms with E-state index in [1.54, 1.807) is 41.5 Å². The van der Waals surface area contributed by atoms with Gasteiger partial charge in [0, 0.05) is 19.6 Å². The quantitative estimate of drug-likeness (QED) is 0.0439. The summed E-state index contributed by atoms with van der Waals surface area (Å²) in [5.74, 6) is -9.63. The Morgan fingerprint density at radius 2 is 1.16 bits per heavy atom. The van der Waals surface area contributed by atoms with Gasteiger partial charge in [0.2, 0.25) is 53.2 Å². The number of nitrogens with zero attached hydrogens (tertiary/aromatic N) is 2. The number of primary amides is 1. The Hall–Kier alpha value is -6.31. The van der Waals surface area contributed by atoms with Gasteiger partial charge in [-0.05, 0) is 56.3 Å². The molecule has 26 nitrogen and oxygen atoms in total. The summed E-state index contributed by atoms with van der Waals surface area (Å²) in [5, 5.41) is 42.9. The van der Waals surface area contributed by atoms with Gasteiger partial charge in [0.15, 0.2) is 5.96 Å². The van der Waals surface area contributed by atoms with Crippen LogP contribution in [0.1, 0.15) is 86.5 Å². The molecule has 2 saturated heterocycles. The minimum atomic E-state index is -1.75. The van der Waals surface area contributed by atoms with Gasteiger partial charge in [-0.1, -0.05) is 48.0 Å². The number of carbonyl (C=O) groups is 10. The van der Waals surface area contributed by atoms with Gasteiger partial charge in [-0.2, -0.15) is 0 Å². The summed E-state index contributed by atoms with van der Waals surface area (Å²) >= 11 is 0. The van der Waals surface area contributed by atoms with Crippen LogP contribution in [0.15, 0.2) is 4.99 Å². The SMILES string of the molecule is CC[C@H](C)[C@@H]1NC(=O)[C@H](CCCN=C(N)N)NC(=O)[C@H](C(C)C)NC(=O)CNC(=O)[C@@H]2CCCN2C(=O)[C@H](C(C)C)NC(=O)[C@H](CO)NC(=O)[C@H](CO)NC(=O)[C@H](CCCNC(N)=O)NC1=O. The topological polar surface area (TPSA) is 413 Å². The number of nitrogens with one attached hydrogen (secondary N) is 9. The van der Waals surface area contributed by atoms with Crippen molar-refractivity contribution >= 4 is 65.2 Å². The largest absolute Gasteiger partial charge is 0.394 e. The summed E-state index contributed by atoms with van der Waals surface area (Å²) in [6.07, 6.45) is 0.957. The van der Waals surface area contributed by atoms with Crippen molar-refractivity contribution < 1.29 is 58.2 Å². The Balaban J connectivity index is 2.67. The van der Waals surface area contributed by atoms with Gasteiger partial charge in [-0.15, -0.1) is 0 Å². The molecule has 0 saturated carbocycles. The van der Waals surface area contributed by atoms with Crippen LogP contribution in [-0.4, -0.2) is 168 Å². The standard InChI is InChI=1S/C41H72N14O12/c1-7-22(6)31-38(65)49-23(12-9-15-46-41(44)67)32(59)50-25(18-56)34(61)51-26(19-57)35(62)53-30(21(4)5)39(66)55-16-10-13-27(55)36(63)47-17-28(58)52-29(20(2)3)37(64)48-24(33(60)54-31)11-8-14-45-40(42)43/h20-27,29-31,56-57H,7-19H2,1-6H3,(H,47,63)(H,48,64)(H,49,65)(H,50,59)(H,51,61)(H,52,58)(H,53,62)(H,54,60)(H4,42,43,45)(H3,44,46,67)/t22-,23-,24-,25-,26-,27-,29-,30-,31-/m0/s1. The lowest BCUT2D eigenvalue weighted by molar-refractivity contribution is -0.143. The van der Waals surface area contributed by atoms with E-state index in [0.29, 0.717) is 12.8 Å². The predicted octanol–water partition coefficient (Wildman–Crippen LogP) is -5.65. The Morgan fingerprint density at radius 3 is 1.69 bits per heavy atom. The Morgan fingerprint density at radius 1 is 0.672 bits per heavy atom. The molecule has 2 aliphatic heterocycles. The normalized spacial score (nSPS) is 26.4. The zero-order valence-electron chi connectivity index (χ0n) is 39.1. The monoisotopic (exact) mass is 953 g/mol. The maximum atomic E-state index is 14.1. The second kappa shape index (κ2) is 28.0. The zero-order chi connectivity index (χ0) is 50.5. The number of rotatable bonds is 14. The first-order chi connectivity index (χ1) is 31.6. The first-order valence-corrected chi connectivity index (χ1v) is 22.6. The average molecular weight is 953 g/mol. The third-order valence-electron chi connectivity index (χ3n) is 11.4. The molecular weight excluding hydrogens is 881 g/mol. The van der Waals surface area contributed by atoms with E-state index in [-0.39, 0.29) is 57.7 Å². The van der Waals surface area contributed by atoms with E-state index in [2.05, 4.69) is 52.8 Å². The number of urea groups is 1. The molecule has 11 amide bonds. The molecule has 0 aromatic rings. The molecule has 0 aromatic heterocycles. The van der Waals surface area contributed by atoms with Gasteiger partial charge in [0.25, 0.3) is 0 Å². The highest BCUT2D eigenvalue weighted by Crippen LogP contribution is 2.21. The van der Waals surface area contributed by atoms with Crippen molar-refractivity contribution in [1.29, 1.82) is 0 Å². The lowest BCUT2D eigenvalue weighted by Gasteiger charge is -2.31. The molecule has 2 aliphatic rings. The summed E-state index contributed by atoms with van der Waals surface area (Å²) < 4.78 is 0. The van der Waals surface area contributed by atoms with Crippen LogP contribution in [0.25, 0.3) is 0 Å². The third-order valence-corrected chi connectivity index (χ3v) is 11.4. The molecule has 2 heterocycles. The fourth-order valence-electron chi connectivity index (χ4n) is 7.26. The van der Waals surface area contributed by atoms with E-state index in [1.807, 2.05) is 0 Å². The fraction of sp³-hybridized carbons (Fsp3) is 0.732. The Bertz CT molecular complexity index is 1790. The summed E-state index contributed by atoms with van der Waals surface area (Å²) in [7, 11) is 0. The molecule has 2 fully saturated rings. The van der Waals surface area contributed by atoms with Crippen LogP contribution >= 0.6 is 0 Å². The van der Waals surface area contributed by atoms with Gasteiger partial charge < -0.3 is 80.2 Å². The molecule has 0 radical (unpaired) electrons. The number of carbonyl (C=O) groups excluding carboxylic acids is 10. The lowest BCUT2D eigenvalue weighted by atomic mass is 9.96. The minimum absolute atomic E-state index is 0.0398. The van der Waals surface area contributed by atoms with Gasteiger partial charge in [0.05, 0.1) is 19.8 Å². The summed E-state index contributed by atoms with van der Waals surface area (Å²) in [6, 6.07) is -12.0. The number of aliphatic imine (C=N–C) groups is 1. The van der Waals surface area contributed by atoms with Crippen LogP contribution in [0, 0.1) is 17.8 Å². The number of hydrogen-bond acceptors (Lipinski definition) is 13. The van der Waals surface area contributed by atoms with Crippen molar-refractivity contribution in [3.63, 3.8) is 0 Å². The first-order valence-electron chi connectivity index (χ1n) is 22.6. The number of amides is 11. The van der Waals surface area contributed by atoms with Crippen LogP contribution in [0.2, 0.25) is 0 Å². The molecule has 0 aromatic carbocycles. The van der Waals surface area contributed by atoms with Crippen molar-refractivity contribution in [3.8, 4) is 0 Å². The fourth-order valence-corrected chi connectivity index (χ4v) is 7.26.